The summed E-state index contributed by atoms with van der Waals surface area (Å²) in [7, 11) is 0. The van der Waals surface area contributed by atoms with Gasteiger partial charge in [0.15, 0.2) is 0 Å². The molecule has 1 atom stereocenters. The Labute approximate surface area is 208 Å². The lowest BCUT2D eigenvalue weighted by Crippen LogP contribution is -2.32. The first-order valence-electron chi connectivity index (χ1n) is 11.7. The number of pyridine rings is 2. The molecule has 1 aromatic carbocycles. The Morgan fingerprint density at radius 2 is 1.92 bits per heavy atom. The number of aryl methyl sites for hydroxylation is 1. The third-order valence-electron chi connectivity index (χ3n) is 5.73. The predicted molar refractivity (Wildman–Crippen MR) is 133 cm³/mol. The molecule has 9 nitrogen and oxygen atoms in total. The quantitative estimate of drug-likeness (QED) is 0.339. The van der Waals surface area contributed by atoms with Crippen LogP contribution in [0.25, 0.3) is 17.0 Å². The van der Waals surface area contributed by atoms with Gasteiger partial charge in [0.1, 0.15) is 24.0 Å². The Bertz CT molecular complexity index is 1470. The second kappa shape index (κ2) is 9.99. The molecule has 182 valence electrons. The summed E-state index contributed by atoms with van der Waals surface area (Å²) in [5.41, 5.74) is 4.11. The van der Waals surface area contributed by atoms with Crippen molar-refractivity contribution in [3.63, 3.8) is 0 Å². The third kappa shape index (κ3) is 5.10. The molecule has 5 aromatic rings. The van der Waals surface area contributed by atoms with Gasteiger partial charge in [-0.1, -0.05) is 25.1 Å². The molecule has 0 radical (unpaired) electrons. The summed E-state index contributed by atoms with van der Waals surface area (Å²) < 4.78 is 13.3. The van der Waals surface area contributed by atoms with E-state index < -0.39 is 6.04 Å². The van der Waals surface area contributed by atoms with Crippen molar-refractivity contribution in [3.8, 4) is 17.1 Å². The molecule has 1 amide bonds. The average Bonchev–Trinajstić information content (AvgIpc) is 3.53. The molecule has 5 rings (SSSR count). The minimum Gasteiger partial charge on any atom is -0.487 e. The fourth-order valence-corrected chi connectivity index (χ4v) is 3.80. The van der Waals surface area contributed by atoms with Crippen molar-refractivity contribution in [2.24, 2.45) is 5.92 Å². The summed E-state index contributed by atoms with van der Waals surface area (Å²) in [4.78, 5) is 26.1. The van der Waals surface area contributed by atoms with Crippen molar-refractivity contribution < 1.29 is 14.1 Å². The molecule has 0 bridgehead atoms. The minimum absolute atomic E-state index is 0.0352. The van der Waals surface area contributed by atoms with E-state index in [1.807, 2.05) is 55.8 Å². The number of fused-ring (bicyclic) bond motifs is 1. The second-order valence-corrected chi connectivity index (χ2v) is 8.91. The van der Waals surface area contributed by atoms with Gasteiger partial charge in [0, 0.05) is 35.9 Å². The number of hydrogen-bond donors (Lipinski definition) is 1. The molecule has 0 fully saturated rings. The largest absolute Gasteiger partial charge is 0.487 e. The van der Waals surface area contributed by atoms with E-state index >= 15 is 0 Å². The molecule has 1 N–H and O–H groups in total. The Kier molecular flexibility index (Phi) is 6.44. The van der Waals surface area contributed by atoms with E-state index in [0.29, 0.717) is 29.6 Å². The maximum atomic E-state index is 13.0. The Morgan fingerprint density at radius 1 is 1.08 bits per heavy atom. The zero-order valence-electron chi connectivity index (χ0n) is 20.3. The molecule has 9 heteroatoms. The van der Waals surface area contributed by atoms with Crippen LogP contribution in [0.15, 0.2) is 77.8 Å². The lowest BCUT2D eigenvalue weighted by atomic mass is 10.0. The molecule has 0 saturated carbocycles. The van der Waals surface area contributed by atoms with E-state index in [2.05, 4.69) is 25.4 Å². The number of carbonyl (C=O) groups is 1. The molecule has 4 heterocycles. The molecule has 0 aliphatic rings. The van der Waals surface area contributed by atoms with Crippen molar-refractivity contribution in [1.29, 1.82) is 0 Å². The predicted octanol–water partition coefficient (Wildman–Crippen LogP) is 4.79. The number of ether oxygens (including phenoxy) is 1. The number of carbonyl (C=O) groups excluding carboxylic acids is 1. The highest BCUT2D eigenvalue weighted by Crippen LogP contribution is 2.24. The van der Waals surface area contributed by atoms with Crippen molar-refractivity contribution >= 4 is 11.6 Å². The summed E-state index contributed by atoms with van der Waals surface area (Å²) in [5.74, 6) is 1.23. The molecular formula is C27H26N6O3. The average molecular weight is 483 g/mol. The molecule has 36 heavy (non-hydrogen) atoms. The van der Waals surface area contributed by atoms with Crippen LogP contribution in [-0.2, 0) is 6.61 Å². The van der Waals surface area contributed by atoms with E-state index in [1.54, 1.807) is 42.7 Å². The van der Waals surface area contributed by atoms with E-state index in [4.69, 9.17) is 9.26 Å². The lowest BCUT2D eigenvalue weighted by molar-refractivity contribution is 0.0914. The highest BCUT2D eigenvalue weighted by atomic mass is 16.5. The highest BCUT2D eigenvalue weighted by Gasteiger charge is 2.25. The number of hydrogen-bond acceptors (Lipinski definition) is 7. The number of imidazole rings is 1. The number of rotatable bonds is 8. The van der Waals surface area contributed by atoms with Crippen LogP contribution < -0.4 is 10.1 Å². The topological polar surface area (TPSA) is 107 Å². The van der Waals surface area contributed by atoms with Crippen LogP contribution in [0.4, 0.5) is 0 Å². The van der Waals surface area contributed by atoms with Gasteiger partial charge < -0.3 is 19.0 Å². The van der Waals surface area contributed by atoms with Crippen molar-refractivity contribution in [3.05, 3.63) is 96.0 Å². The van der Waals surface area contributed by atoms with Crippen LogP contribution in [-0.4, -0.2) is 30.4 Å². The fourth-order valence-electron chi connectivity index (χ4n) is 3.80. The van der Waals surface area contributed by atoms with Crippen molar-refractivity contribution in [2.75, 3.05) is 0 Å². The third-order valence-corrected chi connectivity index (χ3v) is 5.73. The summed E-state index contributed by atoms with van der Waals surface area (Å²) >= 11 is 0. The van der Waals surface area contributed by atoms with E-state index in [9.17, 15) is 4.79 Å². The van der Waals surface area contributed by atoms with Crippen LogP contribution in [0.1, 0.15) is 47.4 Å². The molecule has 0 aliphatic carbocycles. The lowest BCUT2D eigenvalue weighted by Gasteiger charge is -2.18. The highest BCUT2D eigenvalue weighted by molar-refractivity contribution is 5.94. The first kappa shape index (κ1) is 23.2. The summed E-state index contributed by atoms with van der Waals surface area (Å²) in [6, 6.07) is 14.2. The van der Waals surface area contributed by atoms with Crippen LogP contribution in [0.5, 0.6) is 5.75 Å². The zero-order valence-corrected chi connectivity index (χ0v) is 20.3. The number of aromatic nitrogens is 5. The normalized spacial score (nSPS) is 12.1. The Hall–Kier alpha value is -4.53. The summed E-state index contributed by atoms with van der Waals surface area (Å²) in [5, 5.41) is 7.05. The van der Waals surface area contributed by atoms with Crippen molar-refractivity contribution in [2.45, 2.75) is 33.4 Å². The molecular weight excluding hydrogens is 456 g/mol. The standard InChI is InChI=1S/C27H26N6O3/c1-17(2)24(27-31-25(32-36-27)20-5-4-12-28-13-20)30-26(34)19-7-9-22(10-8-19)35-16-21-15-33-14-18(3)6-11-23(33)29-21/h4-15,17,24H,16H2,1-3H3,(H,30,34). The maximum absolute atomic E-state index is 13.0. The monoisotopic (exact) mass is 482 g/mol. The Balaban J connectivity index is 1.23. The minimum atomic E-state index is -0.440. The van der Waals surface area contributed by atoms with Gasteiger partial charge in [-0.3, -0.25) is 9.78 Å². The van der Waals surface area contributed by atoms with Gasteiger partial charge in [-0.05, 0) is 60.9 Å². The van der Waals surface area contributed by atoms with E-state index in [-0.39, 0.29) is 11.8 Å². The van der Waals surface area contributed by atoms with Crippen LogP contribution >= 0.6 is 0 Å². The molecule has 0 aliphatic heterocycles. The number of amides is 1. The summed E-state index contributed by atoms with van der Waals surface area (Å²) in [6.45, 7) is 6.34. The number of benzene rings is 1. The van der Waals surface area contributed by atoms with Gasteiger partial charge in [0.25, 0.3) is 5.91 Å². The molecule has 0 spiro atoms. The SMILES string of the molecule is Cc1ccc2nc(COc3ccc(C(=O)NC(c4nc(-c5cccnc5)no4)C(C)C)cc3)cn2c1. The van der Waals surface area contributed by atoms with Gasteiger partial charge in [-0.15, -0.1) is 0 Å². The number of nitrogens with one attached hydrogen (secondary N) is 1. The first-order chi connectivity index (χ1) is 17.5. The zero-order chi connectivity index (χ0) is 25.1. The van der Waals surface area contributed by atoms with Crippen LogP contribution in [0.2, 0.25) is 0 Å². The second-order valence-electron chi connectivity index (χ2n) is 8.91. The van der Waals surface area contributed by atoms with Gasteiger partial charge in [0.2, 0.25) is 11.7 Å². The maximum Gasteiger partial charge on any atom is 0.251 e. The van der Waals surface area contributed by atoms with Gasteiger partial charge in [0.05, 0.1) is 5.69 Å². The van der Waals surface area contributed by atoms with Crippen LogP contribution in [0.3, 0.4) is 0 Å². The summed E-state index contributed by atoms with van der Waals surface area (Å²) in [6.07, 6.45) is 7.32. The van der Waals surface area contributed by atoms with Crippen LogP contribution in [0, 0.1) is 12.8 Å². The molecule has 0 saturated heterocycles. The van der Waals surface area contributed by atoms with Gasteiger partial charge >= 0.3 is 0 Å². The van der Waals surface area contributed by atoms with Gasteiger partial charge in [-0.2, -0.15) is 4.98 Å². The van der Waals surface area contributed by atoms with E-state index in [1.165, 1.54) is 0 Å². The first-order valence-corrected chi connectivity index (χ1v) is 11.7. The molecule has 4 aromatic heterocycles. The van der Waals surface area contributed by atoms with Gasteiger partial charge in [-0.25, -0.2) is 4.98 Å². The van der Waals surface area contributed by atoms with E-state index in [0.717, 1.165) is 22.5 Å². The van der Waals surface area contributed by atoms with Crippen molar-refractivity contribution in [1.82, 2.24) is 29.8 Å². The smallest absolute Gasteiger partial charge is 0.251 e. The fraction of sp³-hybridized carbons (Fsp3) is 0.222. The molecule has 1 unspecified atom stereocenters. The Morgan fingerprint density at radius 3 is 2.67 bits per heavy atom. The number of nitrogens with zero attached hydrogens (tertiary/aromatic N) is 5.